The van der Waals surface area contributed by atoms with Gasteiger partial charge in [0.1, 0.15) is 0 Å². The van der Waals surface area contributed by atoms with Gasteiger partial charge in [0.15, 0.2) is 0 Å². The molecule has 3 rings (SSSR count). The lowest BCUT2D eigenvalue weighted by Crippen LogP contribution is -2.26. The number of carbonyl (C=O) groups is 1. The molecule has 0 saturated heterocycles. The number of hydrogen-bond donors (Lipinski definition) is 1. The van der Waals surface area contributed by atoms with Crippen LogP contribution in [0.5, 0.6) is 0 Å². The number of nitrogens with zero attached hydrogens (tertiary/aromatic N) is 2. The summed E-state index contributed by atoms with van der Waals surface area (Å²) in [6.07, 6.45) is 4.50. The third-order valence-electron chi connectivity index (χ3n) is 3.96. The molecule has 0 atom stereocenters. The Bertz CT molecular complexity index is 741. The van der Waals surface area contributed by atoms with E-state index in [0.717, 1.165) is 30.6 Å². The van der Waals surface area contributed by atoms with Gasteiger partial charge < -0.3 is 10.1 Å². The number of benzene rings is 1. The first-order chi connectivity index (χ1) is 11.6. The maximum Gasteiger partial charge on any atom is 0.254 e. The molecule has 0 spiro atoms. The third-order valence-corrected chi connectivity index (χ3v) is 4.50. The highest BCUT2D eigenvalue weighted by Crippen LogP contribution is 2.43. The number of ether oxygens (including phenoxy) is 1. The minimum atomic E-state index is -0.107. The fraction of sp³-hybridized carbons (Fsp3) is 0.412. The average molecular weight is 368 g/mol. The van der Waals surface area contributed by atoms with E-state index in [-0.39, 0.29) is 5.91 Å². The largest absolute Gasteiger partial charge is 0.385 e. The summed E-state index contributed by atoms with van der Waals surface area (Å²) in [6.45, 7) is 1.19. The van der Waals surface area contributed by atoms with Crippen molar-refractivity contribution in [3.63, 3.8) is 0 Å². The zero-order chi connectivity index (χ0) is 17.1. The van der Waals surface area contributed by atoms with Crippen LogP contribution in [0.2, 0.25) is 10.0 Å². The molecule has 0 aliphatic heterocycles. The summed E-state index contributed by atoms with van der Waals surface area (Å²) in [5, 5.41) is 8.41. The highest BCUT2D eigenvalue weighted by atomic mass is 35.5. The van der Waals surface area contributed by atoms with Crippen LogP contribution in [-0.4, -0.2) is 35.9 Å². The number of aromatic nitrogens is 2. The van der Waals surface area contributed by atoms with Crippen LogP contribution in [0, 0.1) is 0 Å². The molecule has 1 fully saturated rings. The van der Waals surface area contributed by atoms with Crippen LogP contribution in [0.15, 0.2) is 24.4 Å². The van der Waals surface area contributed by atoms with Crippen molar-refractivity contribution in [2.24, 2.45) is 0 Å². The van der Waals surface area contributed by atoms with Gasteiger partial charge in [-0.1, -0.05) is 23.2 Å². The van der Waals surface area contributed by atoms with Crippen LogP contribution in [-0.2, 0) is 4.74 Å². The molecule has 1 aliphatic rings. The molecular weight excluding hydrogens is 349 g/mol. The predicted octanol–water partition coefficient (Wildman–Crippen LogP) is 3.82. The van der Waals surface area contributed by atoms with Crippen LogP contribution in [0.1, 0.15) is 41.2 Å². The zero-order valence-corrected chi connectivity index (χ0v) is 14.9. The molecule has 128 valence electrons. The highest BCUT2D eigenvalue weighted by molar-refractivity contribution is 6.35. The van der Waals surface area contributed by atoms with E-state index in [1.165, 1.54) is 0 Å². The SMILES string of the molecule is COCCCNC(=O)c1cnn(-c2ccc(Cl)cc2Cl)c1C1CC1. The molecule has 1 saturated carbocycles. The maximum absolute atomic E-state index is 12.5. The fourth-order valence-electron chi connectivity index (χ4n) is 2.64. The number of carbonyl (C=O) groups excluding carboxylic acids is 1. The average Bonchev–Trinajstić information content (AvgIpc) is 3.30. The van der Waals surface area contributed by atoms with Crippen molar-refractivity contribution in [2.75, 3.05) is 20.3 Å². The lowest BCUT2D eigenvalue weighted by atomic mass is 10.1. The first-order valence-electron chi connectivity index (χ1n) is 7.92. The van der Waals surface area contributed by atoms with E-state index in [4.69, 9.17) is 27.9 Å². The Kier molecular flexibility index (Phi) is 5.43. The van der Waals surface area contributed by atoms with Gasteiger partial charge in [0.05, 0.1) is 28.2 Å². The number of halogens is 2. The van der Waals surface area contributed by atoms with Crippen LogP contribution in [0.25, 0.3) is 5.69 Å². The topological polar surface area (TPSA) is 56.1 Å². The van der Waals surface area contributed by atoms with Gasteiger partial charge in [-0.2, -0.15) is 5.10 Å². The second-order valence-electron chi connectivity index (χ2n) is 5.83. The molecule has 1 amide bonds. The van der Waals surface area contributed by atoms with Crippen LogP contribution >= 0.6 is 23.2 Å². The molecule has 1 aromatic carbocycles. The molecule has 5 nitrogen and oxygen atoms in total. The van der Waals surface area contributed by atoms with Crippen molar-refractivity contribution in [3.05, 3.63) is 45.7 Å². The molecule has 2 aromatic rings. The Hall–Kier alpha value is -1.56. The van der Waals surface area contributed by atoms with Gasteiger partial charge in [0, 0.05) is 31.2 Å². The van der Waals surface area contributed by atoms with Crippen molar-refractivity contribution >= 4 is 29.1 Å². The van der Waals surface area contributed by atoms with Crippen molar-refractivity contribution in [1.29, 1.82) is 0 Å². The summed E-state index contributed by atoms with van der Waals surface area (Å²) >= 11 is 12.3. The summed E-state index contributed by atoms with van der Waals surface area (Å²) in [7, 11) is 1.65. The van der Waals surface area contributed by atoms with Crippen LogP contribution in [0.4, 0.5) is 0 Å². The van der Waals surface area contributed by atoms with E-state index in [9.17, 15) is 4.79 Å². The van der Waals surface area contributed by atoms with Crippen LogP contribution < -0.4 is 5.32 Å². The second-order valence-corrected chi connectivity index (χ2v) is 6.67. The molecule has 1 heterocycles. The highest BCUT2D eigenvalue weighted by Gasteiger charge is 2.33. The molecule has 0 unspecified atom stereocenters. The van der Waals surface area contributed by atoms with Gasteiger partial charge in [0.25, 0.3) is 5.91 Å². The van der Waals surface area contributed by atoms with Crippen LogP contribution in [0.3, 0.4) is 0 Å². The smallest absolute Gasteiger partial charge is 0.254 e. The monoisotopic (exact) mass is 367 g/mol. The number of methoxy groups -OCH3 is 1. The zero-order valence-electron chi connectivity index (χ0n) is 13.4. The Morgan fingerprint density at radius 2 is 2.21 bits per heavy atom. The lowest BCUT2D eigenvalue weighted by molar-refractivity contribution is 0.0947. The maximum atomic E-state index is 12.5. The molecule has 1 N–H and O–H groups in total. The minimum Gasteiger partial charge on any atom is -0.385 e. The van der Waals surface area contributed by atoms with Gasteiger partial charge in [-0.15, -0.1) is 0 Å². The van der Waals surface area contributed by atoms with Gasteiger partial charge in [-0.25, -0.2) is 4.68 Å². The van der Waals surface area contributed by atoms with E-state index in [2.05, 4.69) is 10.4 Å². The normalized spacial score (nSPS) is 14.0. The molecule has 1 aliphatic carbocycles. The first-order valence-corrected chi connectivity index (χ1v) is 8.68. The fourth-order valence-corrected chi connectivity index (χ4v) is 3.13. The van der Waals surface area contributed by atoms with E-state index in [1.807, 2.05) is 6.07 Å². The predicted molar refractivity (Wildman–Crippen MR) is 94.4 cm³/mol. The van der Waals surface area contributed by atoms with Gasteiger partial charge in [-0.3, -0.25) is 4.79 Å². The molecule has 0 radical (unpaired) electrons. The summed E-state index contributed by atoms with van der Waals surface area (Å²) < 4.78 is 6.76. The van der Waals surface area contributed by atoms with Crippen molar-refractivity contribution in [1.82, 2.24) is 15.1 Å². The number of nitrogens with one attached hydrogen (secondary N) is 1. The molecular formula is C17H19Cl2N3O2. The van der Waals surface area contributed by atoms with E-state index in [0.29, 0.717) is 34.7 Å². The lowest BCUT2D eigenvalue weighted by Gasteiger charge is -2.11. The number of amides is 1. The third kappa shape index (κ3) is 3.74. The summed E-state index contributed by atoms with van der Waals surface area (Å²) in [5.74, 6) is 0.239. The Morgan fingerprint density at radius 1 is 1.42 bits per heavy atom. The summed E-state index contributed by atoms with van der Waals surface area (Å²) in [5.41, 5.74) is 2.27. The van der Waals surface area contributed by atoms with Crippen molar-refractivity contribution < 1.29 is 9.53 Å². The molecule has 24 heavy (non-hydrogen) atoms. The molecule has 1 aromatic heterocycles. The minimum absolute atomic E-state index is 0.107. The first kappa shape index (κ1) is 17.3. The number of rotatable bonds is 7. The molecule has 7 heteroatoms. The van der Waals surface area contributed by atoms with Gasteiger partial charge in [0.2, 0.25) is 0 Å². The Morgan fingerprint density at radius 3 is 2.88 bits per heavy atom. The summed E-state index contributed by atoms with van der Waals surface area (Å²) in [4.78, 5) is 12.5. The van der Waals surface area contributed by atoms with E-state index >= 15 is 0 Å². The van der Waals surface area contributed by atoms with E-state index in [1.54, 1.807) is 30.1 Å². The van der Waals surface area contributed by atoms with Gasteiger partial charge >= 0.3 is 0 Å². The standard InChI is InChI=1S/C17H19Cl2N3O2/c1-24-8-2-7-20-17(23)13-10-21-22(16(13)11-3-4-11)15-6-5-12(18)9-14(15)19/h5-6,9-11H,2-4,7-8H2,1H3,(H,20,23). The van der Waals surface area contributed by atoms with E-state index < -0.39 is 0 Å². The molecule has 0 bridgehead atoms. The second kappa shape index (κ2) is 7.55. The summed E-state index contributed by atoms with van der Waals surface area (Å²) in [6, 6.07) is 5.27. The van der Waals surface area contributed by atoms with Gasteiger partial charge in [-0.05, 0) is 37.5 Å². The van der Waals surface area contributed by atoms with Crippen molar-refractivity contribution in [3.8, 4) is 5.69 Å². The quantitative estimate of drug-likeness (QED) is 0.756. The van der Waals surface area contributed by atoms with Crippen molar-refractivity contribution in [2.45, 2.75) is 25.2 Å². The Balaban J connectivity index is 1.87. The Labute approximate surface area is 150 Å². The number of hydrogen-bond acceptors (Lipinski definition) is 3.